The molecule has 0 atom stereocenters. The van der Waals surface area contributed by atoms with E-state index in [0.29, 0.717) is 0 Å². The molecule has 0 spiro atoms. The molecule has 0 amide bonds. The van der Waals surface area contributed by atoms with Crippen molar-refractivity contribution in [3.05, 3.63) is 35.0 Å². The fourth-order valence-corrected chi connectivity index (χ4v) is 3.99. The number of nitrogens with one attached hydrogen (secondary N) is 1. The van der Waals surface area contributed by atoms with Crippen LogP contribution in [0.3, 0.4) is 0 Å². The molecule has 0 unspecified atom stereocenters. The number of hydrogen-bond acceptors (Lipinski definition) is 6. The minimum Gasteiger partial charge on any atom is -0.480 e. The van der Waals surface area contributed by atoms with Crippen molar-refractivity contribution >= 4 is 34.9 Å². The Kier molecular flexibility index (Phi) is 6.01. The second-order valence-corrected chi connectivity index (χ2v) is 8.33. The third kappa shape index (κ3) is 5.21. The molecule has 0 bridgehead atoms. The first-order valence-corrected chi connectivity index (χ1v) is 9.16. The number of hydrogen-bond donors (Lipinski definition) is 2. The summed E-state index contributed by atoms with van der Waals surface area (Å²) in [7, 11) is 0. The Balaban J connectivity index is 1.83. The molecule has 2 rings (SSSR count). The predicted molar refractivity (Wildman–Crippen MR) is 95.5 cm³/mol. The van der Waals surface area contributed by atoms with Gasteiger partial charge in [0.15, 0.2) is 4.34 Å². The Labute approximate surface area is 144 Å². The number of thiazole rings is 1. The quantitative estimate of drug-likeness (QED) is 0.706. The summed E-state index contributed by atoms with van der Waals surface area (Å²) in [4.78, 5) is 20.0. The highest BCUT2D eigenvalue weighted by atomic mass is 32.2. The zero-order valence-corrected chi connectivity index (χ0v) is 15.1. The minimum absolute atomic E-state index is 0.745. The number of anilines is 1. The molecule has 0 aliphatic heterocycles. The Morgan fingerprint density at radius 3 is 2.83 bits per heavy atom. The number of carbonyl (C=O) groups is 1. The molecular formula is C16H21N3O2S2. The molecule has 0 radical (unpaired) electrons. The first-order valence-electron chi connectivity index (χ1n) is 7.46. The largest absolute Gasteiger partial charge is 0.480 e. The van der Waals surface area contributed by atoms with Gasteiger partial charge in [0, 0.05) is 24.5 Å². The van der Waals surface area contributed by atoms with Gasteiger partial charge in [-0.15, -0.1) is 11.3 Å². The van der Waals surface area contributed by atoms with E-state index in [1.807, 2.05) is 17.6 Å². The lowest BCUT2D eigenvalue weighted by Crippen LogP contribution is -2.26. The van der Waals surface area contributed by atoms with Crippen LogP contribution in [0.5, 0.6) is 0 Å². The zero-order chi connectivity index (χ0) is 16.9. The summed E-state index contributed by atoms with van der Waals surface area (Å²) in [5.74, 6) is 0.0292. The van der Waals surface area contributed by atoms with E-state index in [9.17, 15) is 4.79 Å². The van der Waals surface area contributed by atoms with Crippen molar-refractivity contribution in [1.82, 2.24) is 9.97 Å². The van der Waals surface area contributed by atoms with Gasteiger partial charge in [0.05, 0.1) is 5.69 Å². The summed E-state index contributed by atoms with van der Waals surface area (Å²) in [6.07, 6.45) is 3.65. The first-order chi connectivity index (χ1) is 10.9. The Hall–Kier alpha value is -1.60. The monoisotopic (exact) mass is 351 g/mol. The van der Waals surface area contributed by atoms with Crippen molar-refractivity contribution in [2.75, 3.05) is 11.9 Å². The van der Waals surface area contributed by atoms with Crippen molar-refractivity contribution in [2.45, 2.75) is 42.7 Å². The molecule has 7 heteroatoms. The number of nitrogens with zero attached hydrogens (tertiary/aromatic N) is 2. The molecule has 0 aliphatic carbocycles. The van der Waals surface area contributed by atoms with Gasteiger partial charge in [-0.05, 0) is 31.9 Å². The minimum atomic E-state index is -0.863. The summed E-state index contributed by atoms with van der Waals surface area (Å²) in [6.45, 7) is 6.23. The lowest BCUT2D eigenvalue weighted by atomic mass is 10.2. The third-order valence-corrected chi connectivity index (χ3v) is 5.48. The van der Waals surface area contributed by atoms with Crippen LogP contribution >= 0.6 is 23.1 Å². The number of rotatable bonds is 8. The molecule has 2 aromatic heterocycles. The lowest BCUT2D eigenvalue weighted by molar-refractivity contribution is -0.138. The van der Waals surface area contributed by atoms with Gasteiger partial charge in [-0.25, -0.2) is 9.97 Å². The van der Waals surface area contributed by atoms with E-state index < -0.39 is 10.7 Å². The molecule has 2 N–H and O–H groups in total. The number of carboxylic acid groups (broad SMARTS) is 1. The number of aryl methyl sites for hydroxylation is 1. The molecular weight excluding hydrogens is 330 g/mol. The molecule has 0 aliphatic rings. The van der Waals surface area contributed by atoms with Gasteiger partial charge >= 0.3 is 5.97 Å². The molecule has 0 fully saturated rings. The second kappa shape index (κ2) is 7.79. The number of thioether (sulfide) groups is 1. The molecule has 2 aromatic rings. The van der Waals surface area contributed by atoms with E-state index in [4.69, 9.17) is 5.11 Å². The van der Waals surface area contributed by atoms with Gasteiger partial charge < -0.3 is 10.4 Å². The van der Waals surface area contributed by atoms with Crippen molar-refractivity contribution in [2.24, 2.45) is 0 Å². The first kappa shape index (κ1) is 17.7. The van der Waals surface area contributed by atoms with Crippen LogP contribution in [0, 0.1) is 0 Å². The fourth-order valence-electron chi connectivity index (χ4n) is 1.77. The van der Waals surface area contributed by atoms with E-state index in [2.05, 4.69) is 28.3 Å². The molecule has 0 saturated heterocycles. The molecule has 124 valence electrons. The van der Waals surface area contributed by atoms with Crippen LogP contribution < -0.4 is 5.32 Å². The maximum atomic E-state index is 11.1. The second-order valence-electron chi connectivity index (χ2n) is 5.60. The molecule has 0 saturated carbocycles. The summed E-state index contributed by atoms with van der Waals surface area (Å²) < 4.78 is -0.0731. The van der Waals surface area contributed by atoms with Gasteiger partial charge in [-0.3, -0.25) is 4.79 Å². The van der Waals surface area contributed by atoms with Crippen LogP contribution in [0.25, 0.3) is 0 Å². The van der Waals surface area contributed by atoms with E-state index in [0.717, 1.165) is 35.2 Å². The van der Waals surface area contributed by atoms with Gasteiger partial charge in [-0.2, -0.15) is 0 Å². The predicted octanol–water partition coefficient (Wildman–Crippen LogP) is 3.71. The molecule has 23 heavy (non-hydrogen) atoms. The summed E-state index contributed by atoms with van der Waals surface area (Å²) in [5.41, 5.74) is 2.19. The molecule has 0 aromatic carbocycles. The van der Waals surface area contributed by atoms with Crippen LogP contribution in [0.1, 0.15) is 32.0 Å². The molecule has 2 heterocycles. The van der Waals surface area contributed by atoms with E-state index in [-0.39, 0.29) is 0 Å². The maximum absolute atomic E-state index is 11.1. The van der Waals surface area contributed by atoms with Crippen molar-refractivity contribution in [3.63, 3.8) is 0 Å². The number of aromatic nitrogens is 2. The van der Waals surface area contributed by atoms with Gasteiger partial charge in [-0.1, -0.05) is 24.8 Å². The zero-order valence-electron chi connectivity index (χ0n) is 13.5. The fraction of sp³-hybridized carbons (Fsp3) is 0.438. The Morgan fingerprint density at radius 1 is 1.43 bits per heavy atom. The standard InChI is InChI=1S/C16H21N3O2S2/c1-4-11-5-6-13(18-9-11)17-8-7-12-10-22-15(19-12)23-16(2,3)14(20)21/h5-6,9-10H,4,7-8H2,1-3H3,(H,17,18)(H,20,21). The van der Waals surface area contributed by atoms with Crippen molar-refractivity contribution < 1.29 is 9.90 Å². The average Bonchev–Trinajstić information content (AvgIpc) is 2.94. The lowest BCUT2D eigenvalue weighted by Gasteiger charge is -2.15. The van der Waals surface area contributed by atoms with Crippen LogP contribution in [0.15, 0.2) is 28.0 Å². The highest BCUT2D eigenvalue weighted by Gasteiger charge is 2.29. The normalized spacial score (nSPS) is 11.4. The number of carboxylic acids is 1. The van der Waals surface area contributed by atoms with Gasteiger partial charge in [0.1, 0.15) is 10.6 Å². The van der Waals surface area contributed by atoms with Crippen LogP contribution in [0.4, 0.5) is 5.82 Å². The SMILES string of the molecule is CCc1ccc(NCCc2csc(SC(C)(C)C(=O)O)n2)nc1. The average molecular weight is 351 g/mol. The van der Waals surface area contributed by atoms with Gasteiger partial charge in [0.2, 0.25) is 0 Å². The number of pyridine rings is 1. The maximum Gasteiger partial charge on any atom is 0.319 e. The van der Waals surface area contributed by atoms with Gasteiger partial charge in [0.25, 0.3) is 0 Å². The highest BCUT2D eigenvalue weighted by molar-refractivity contribution is 8.02. The smallest absolute Gasteiger partial charge is 0.319 e. The van der Waals surface area contributed by atoms with E-state index >= 15 is 0 Å². The van der Waals surface area contributed by atoms with Crippen molar-refractivity contribution in [1.29, 1.82) is 0 Å². The Bertz CT molecular complexity index is 654. The third-order valence-electron chi connectivity index (χ3n) is 3.31. The summed E-state index contributed by atoms with van der Waals surface area (Å²) in [5, 5.41) is 14.4. The summed E-state index contributed by atoms with van der Waals surface area (Å²) in [6, 6.07) is 4.05. The summed E-state index contributed by atoms with van der Waals surface area (Å²) >= 11 is 2.77. The van der Waals surface area contributed by atoms with E-state index in [1.54, 1.807) is 13.8 Å². The number of aliphatic carboxylic acids is 1. The Morgan fingerprint density at radius 2 is 2.22 bits per heavy atom. The van der Waals surface area contributed by atoms with Crippen LogP contribution in [0.2, 0.25) is 0 Å². The van der Waals surface area contributed by atoms with E-state index in [1.165, 1.54) is 28.7 Å². The van der Waals surface area contributed by atoms with Crippen LogP contribution in [-0.4, -0.2) is 32.3 Å². The topological polar surface area (TPSA) is 75.1 Å². The van der Waals surface area contributed by atoms with Crippen molar-refractivity contribution in [3.8, 4) is 0 Å². The molecule has 5 nitrogen and oxygen atoms in total. The highest BCUT2D eigenvalue weighted by Crippen LogP contribution is 2.34. The van der Waals surface area contributed by atoms with Crippen LogP contribution in [-0.2, 0) is 17.6 Å².